The van der Waals surface area contributed by atoms with Crippen LogP contribution in [0.2, 0.25) is 0 Å². The molecular weight excluding hydrogens is 204 g/mol. The number of rotatable bonds is 4. The number of carbonyl (C=O) groups is 1. The molecule has 0 aliphatic rings. The van der Waals surface area contributed by atoms with Crippen LogP contribution in [0, 0.1) is 0 Å². The number of hydrogen-bond acceptors (Lipinski definition) is 2. The Morgan fingerprint density at radius 2 is 2.27 bits per heavy atom. The maximum absolute atomic E-state index is 12.9. The summed E-state index contributed by atoms with van der Waals surface area (Å²) in [6, 6.07) is 2.47. The summed E-state index contributed by atoms with van der Waals surface area (Å²) in [4.78, 5) is 14.1. The topological polar surface area (TPSA) is 50.2 Å². The van der Waals surface area contributed by atoms with Gasteiger partial charge in [-0.3, -0.25) is 9.78 Å². The minimum Gasteiger partial charge on any atom is -0.481 e. The second kappa shape index (κ2) is 4.33. The number of nitrogens with zero attached hydrogens (tertiary/aromatic N) is 1. The van der Waals surface area contributed by atoms with Crippen LogP contribution >= 0.6 is 0 Å². The first-order chi connectivity index (χ1) is 6.89. The standard InChI is InChI=1S/C10H11F2NO2/c1-10(11,12)7-4-5-13-8(6-7)2-3-9(14)15/h4-6H,2-3H2,1H3,(H,14,15). The molecule has 0 saturated carbocycles. The third kappa shape index (κ3) is 3.61. The normalized spacial score (nSPS) is 11.4. The third-order valence-corrected chi connectivity index (χ3v) is 1.92. The Bertz CT molecular complexity index is 361. The number of carboxylic acid groups (broad SMARTS) is 1. The van der Waals surface area contributed by atoms with E-state index in [-0.39, 0.29) is 18.4 Å². The number of hydrogen-bond donors (Lipinski definition) is 1. The van der Waals surface area contributed by atoms with Crippen LogP contribution in [0.15, 0.2) is 18.3 Å². The average Bonchev–Trinajstić information content (AvgIpc) is 2.14. The van der Waals surface area contributed by atoms with E-state index in [0.717, 1.165) is 6.92 Å². The SMILES string of the molecule is CC(F)(F)c1ccnc(CCC(=O)O)c1. The number of aromatic nitrogens is 1. The van der Waals surface area contributed by atoms with Crippen LogP contribution in [0.4, 0.5) is 8.78 Å². The smallest absolute Gasteiger partial charge is 0.303 e. The van der Waals surface area contributed by atoms with Crippen LogP contribution in [-0.2, 0) is 17.1 Å². The van der Waals surface area contributed by atoms with Crippen molar-refractivity contribution in [3.05, 3.63) is 29.6 Å². The highest BCUT2D eigenvalue weighted by molar-refractivity contribution is 5.66. The molecule has 1 N–H and O–H groups in total. The van der Waals surface area contributed by atoms with Gasteiger partial charge in [-0.05, 0) is 12.1 Å². The van der Waals surface area contributed by atoms with Gasteiger partial charge >= 0.3 is 5.97 Å². The molecule has 0 fully saturated rings. The molecule has 82 valence electrons. The van der Waals surface area contributed by atoms with Gasteiger partial charge in [-0.2, -0.15) is 0 Å². The molecule has 0 atom stereocenters. The number of alkyl halides is 2. The van der Waals surface area contributed by atoms with E-state index in [1.807, 2.05) is 0 Å². The summed E-state index contributed by atoms with van der Waals surface area (Å²) in [5, 5.41) is 8.43. The van der Waals surface area contributed by atoms with Crippen LogP contribution in [0.1, 0.15) is 24.6 Å². The summed E-state index contributed by atoms with van der Waals surface area (Å²) in [5.41, 5.74) is 0.231. The molecule has 0 amide bonds. The van der Waals surface area contributed by atoms with Crippen LogP contribution in [0.5, 0.6) is 0 Å². The Balaban J connectivity index is 2.79. The van der Waals surface area contributed by atoms with Crippen molar-refractivity contribution in [2.24, 2.45) is 0 Å². The van der Waals surface area contributed by atoms with E-state index in [1.165, 1.54) is 18.3 Å². The second-order valence-corrected chi connectivity index (χ2v) is 3.32. The quantitative estimate of drug-likeness (QED) is 0.837. The Morgan fingerprint density at radius 1 is 1.60 bits per heavy atom. The lowest BCUT2D eigenvalue weighted by atomic mass is 10.1. The Morgan fingerprint density at radius 3 is 2.80 bits per heavy atom. The van der Waals surface area contributed by atoms with E-state index >= 15 is 0 Å². The summed E-state index contributed by atoms with van der Waals surface area (Å²) in [7, 11) is 0. The zero-order chi connectivity index (χ0) is 11.5. The van der Waals surface area contributed by atoms with E-state index < -0.39 is 11.9 Å². The summed E-state index contributed by atoms with van der Waals surface area (Å²) in [6.45, 7) is 0.795. The lowest BCUT2D eigenvalue weighted by Gasteiger charge is -2.10. The number of halogens is 2. The molecule has 0 aliphatic carbocycles. The van der Waals surface area contributed by atoms with Crippen LogP contribution < -0.4 is 0 Å². The summed E-state index contributed by atoms with van der Waals surface area (Å²) < 4.78 is 25.8. The lowest BCUT2D eigenvalue weighted by Crippen LogP contribution is -2.08. The van der Waals surface area contributed by atoms with Crippen molar-refractivity contribution < 1.29 is 18.7 Å². The molecule has 3 nitrogen and oxygen atoms in total. The average molecular weight is 215 g/mol. The molecule has 0 spiro atoms. The van der Waals surface area contributed by atoms with Gasteiger partial charge in [-0.1, -0.05) is 0 Å². The maximum Gasteiger partial charge on any atom is 0.303 e. The van der Waals surface area contributed by atoms with Crippen molar-refractivity contribution in [1.29, 1.82) is 0 Å². The maximum atomic E-state index is 12.9. The first kappa shape index (κ1) is 11.6. The fourth-order valence-corrected chi connectivity index (χ4v) is 1.12. The van der Waals surface area contributed by atoms with Gasteiger partial charge in [0.15, 0.2) is 0 Å². The monoisotopic (exact) mass is 215 g/mol. The summed E-state index contributed by atoms with van der Waals surface area (Å²) >= 11 is 0. The van der Waals surface area contributed by atoms with Gasteiger partial charge < -0.3 is 5.11 Å². The van der Waals surface area contributed by atoms with Crippen molar-refractivity contribution in [3.63, 3.8) is 0 Å². The molecule has 0 saturated heterocycles. The summed E-state index contributed by atoms with van der Waals surface area (Å²) in [5.74, 6) is -3.88. The van der Waals surface area contributed by atoms with Crippen molar-refractivity contribution in [2.45, 2.75) is 25.7 Å². The van der Waals surface area contributed by atoms with Crippen molar-refractivity contribution in [3.8, 4) is 0 Å². The molecule has 0 unspecified atom stereocenters. The highest BCUT2D eigenvalue weighted by Gasteiger charge is 2.24. The van der Waals surface area contributed by atoms with E-state index in [1.54, 1.807) is 0 Å². The third-order valence-electron chi connectivity index (χ3n) is 1.92. The zero-order valence-electron chi connectivity index (χ0n) is 8.20. The molecular formula is C10H11F2NO2. The molecule has 15 heavy (non-hydrogen) atoms. The van der Waals surface area contributed by atoms with Gasteiger partial charge in [0.2, 0.25) is 0 Å². The van der Waals surface area contributed by atoms with Crippen LogP contribution in [0.25, 0.3) is 0 Å². The molecule has 1 aromatic heterocycles. The minimum atomic E-state index is -2.92. The summed E-state index contributed by atoms with van der Waals surface area (Å²) in [6.07, 6.45) is 1.33. The fourth-order valence-electron chi connectivity index (χ4n) is 1.12. The molecule has 5 heteroatoms. The molecule has 1 heterocycles. The fraction of sp³-hybridized carbons (Fsp3) is 0.400. The van der Waals surface area contributed by atoms with E-state index in [9.17, 15) is 13.6 Å². The first-order valence-electron chi connectivity index (χ1n) is 4.44. The number of aliphatic carboxylic acids is 1. The zero-order valence-corrected chi connectivity index (χ0v) is 8.20. The minimum absolute atomic E-state index is 0.105. The Kier molecular flexibility index (Phi) is 3.34. The molecule has 0 bridgehead atoms. The molecule has 0 aromatic carbocycles. The van der Waals surface area contributed by atoms with Crippen molar-refractivity contribution >= 4 is 5.97 Å². The molecule has 1 aromatic rings. The predicted octanol–water partition coefficient (Wildman–Crippen LogP) is 2.21. The predicted molar refractivity (Wildman–Crippen MR) is 49.8 cm³/mol. The number of aryl methyl sites for hydroxylation is 1. The van der Waals surface area contributed by atoms with E-state index in [0.29, 0.717) is 5.69 Å². The van der Waals surface area contributed by atoms with Crippen LogP contribution in [-0.4, -0.2) is 16.1 Å². The Labute approximate surface area is 85.8 Å². The van der Waals surface area contributed by atoms with Gasteiger partial charge in [0, 0.05) is 30.8 Å². The molecule has 0 aliphatic heterocycles. The number of pyridine rings is 1. The van der Waals surface area contributed by atoms with E-state index in [2.05, 4.69) is 4.98 Å². The van der Waals surface area contributed by atoms with Gasteiger partial charge in [0.1, 0.15) is 0 Å². The second-order valence-electron chi connectivity index (χ2n) is 3.32. The van der Waals surface area contributed by atoms with Crippen molar-refractivity contribution in [1.82, 2.24) is 4.98 Å². The molecule has 1 rings (SSSR count). The molecule has 0 radical (unpaired) electrons. The first-order valence-corrected chi connectivity index (χ1v) is 4.44. The highest BCUT2D eigenvalue weighted by atomic mass is 19.3. The van der Waals surface area contributed by atoms with E-state index in [4.69, 9.17) is 5.11 Å². The van der Waals surface area contributed by atoms with Crippen molar-refractivity contribution in [2.75, 3.05) is 0 Å². The van der Waals surface area contributed by atoms with Crippen LogP contribution in [0.3, 0.4) is 0 Å². The Hall–Kier alpha value is -1.52. The van der Waals surface area contributed by atoms with Gasteiger partial charge in [0.25, 0.3) is 5.92 Å². The van der Waals surface area contributed by atoms with Gasteiger partial charge in [-0.15, -0.1) is 0 Å². The number of carboxylic acids is 1. The highest BCUT2D eigenvalue weighted by Crippen LogP contribution is 2.26. The lowest BCUT2D eigenvalue weighted by molar-refractivity contribution is -0.136. The van der Waals surface area contributed by atoms with Gasteiger partial charge in [0.05, 0.1) is 6.42 Å². The van der Waals surface area contributed by atoms with Gasteiger partial charge in [-0.25, -0.2) is 8.78 Å². The largest absolute Gasteiger partial charge is 0.481 e.